The SMILES string of the molecule is CC(C)N1CCC(N(C)C(=O)C2CCCNC2)CC1. The first kappa shape index (κ1) is 14.8. The minimum Gasteiger partial charge on any atom is -0.342 e. The molecule has 1 unspecified atom stereocenters. The Bertz CT molecular complexity index is 292. The van der Waals surface area contributed by atoms with Crippen molar-refractivity contribution in [3.63, 3.8) is 0 Å². The van der Waals surface area contributed by atoms with Gasteiger partial charge < -0.3 is 15.1 Å². The van der Waals surface area contributed by atoms with Gasteiger partial charge in [-0.3, -0.25) is 4.79 Å². The maximum Gasteiger partial charge on any atom is 0.226 e. The van der Waals surface area contributed by atoms with Gasteiger partial charge in [-0.05, 0) is 46.1 Å². The molecule has 2 aliphatic heterocycles. The Hall–Kier alpha value is -0.610. The fraction of sp³-hybridized carbons (Fsp3) is 0.933. The normalized spacial score (nSPS) is 26.6. The molecule has 4 heteroatoms. The van der Waals surface area contributed by atoms with Crippen LogP contribution in [0.5, 0.6) is 0 Å². The molecular weight excluding hydrogens is 238 g/mol. The van der Waals surface area contributed by atoms with Crippen molar-refractivity contribution in [3.05, 3.63) is 0 Å². The molecule has 2 fully saturated rings. The molecule has 0 spiro atoms. The van der Waals surface area contributed by atoms with Crippen LogP contribution < -0.4 is 5.32 Å². The van der Waals surface area contributed by atoms with Gasteiger partial charge in [0.15, 0.2) is 0 Å². The summed E-state index contributed by atoms with van der Waals surface area (Å²) in [5, 5.41) is 3.34. The minimum atomic E-state index is 0.210. The highest BCUT2D eigenvalue weighted by molar-refractivity contribution is 5.79. The van der Waals surface area contributed by atoms with Crippen LogP contribution in [0.4, 0.5) is 0 Å². The van der Waals surface area contributed by atoms with Gasteiger partial charge >= 0.3 is 0 Å². The van der Waals surface area contributed by atoms with E-state index in [0.717, 1.165) is 51.9 Å². The highest BCUT2D eigenvalue weighted by Crippen LogP contribution is 2.20. The van der Waals surface area contributed by atoms with Crippen molar-refractivity contribution >= 4 is 5.91 Å². The number of likely N-dealkylation sites (tertiary alicyclic amines) is 1. The van der Waals surface area contributed by atoms with E-state index in [1.165, 1.54) is 0 Å². The maximum absolute atomic E-state index is 12.5. The number of carbonyl (C=O) groups is 1. The fourth-order valence-corrected chi connectivity index (χ4v) is 3.32. The fourth-order valence-electron chi connectivity index (χ4n) is 3.32. The molecule has 0 bridgehead atoms. The van der Waals surface area contributed by atoms with E-state index in [1.807, 2.05) is 11.9 Å². The number of nitrogens with one attached hydrogen (secondary N) is 1. The predicted octanol–water partition coefficient (Wildman–Crippen LogP) is 1.32. The third kappa shape index (κ3) is 3.69. The average Bonchev–Trinajstić information content (AvgIpc) is 2.46. The van der Waals surface area contributed by atoms with Gasteiger partial charge in [-0.15, -0.1) is 0 Å². The molecule has 2 heterocycles. The second-order valence-electron chi connectivity index (χ2n) is 6.35. The van der Waals surface area contributed by atoms with E-state index >= 15 is 0 Å². The summed E-state index contributed by atoms with van der Waals surface area (Å²) in [5.74, 6) is 0.567. The van der Waals surface area contributed by atoms with Crippen molar-refractivity contribution in [1.29, 1.82) is 0 Å². The summed E-state index contributed by atoms with van der Waals surface area (Å²) in [4.78, 5) is 17.0. The van der Waals surface area contributed by atoms with Crippen LogP contribution in [0.15, 0.2) is 0 Å². The van der Waals surface area contributed by atoms with E-state index in [-0.39, 0.29) is 5.92 Å². The second-order valence-corrected chi connectivity index (χ2v) is 6.35. The zero-order valence-corrected chi connectivity index (χ0v) is 12.7. The molecule has 0 aromatic rings. The van der Waals surface area contributed by atoms with Gasteiger partial charge in [0.2, 0.25) is 5.91 Å². The van der Waals surface area contributed by atoms with Crippen molar-refractivity contribution in [1.82, 2.24) is 15.1 Å². The molecule has 4 nitrogen and oxygen atoms in total. The summed E-state index contributed by atoms with van der Waals surface area (Å²) in [5.41, 5.74) is 0. The van der Waals surface area contributed by atoms with E-state index in [1.54, 1.807) is 0 Å². The molecule has 1 N–H and O–H groups in total. The predicted molar refractivity (Wildman–Crippen MR) is 78.1 cm³/mol. The van der Waals surface area contributed by atoms with Crippen LogP contribution in [0, 0.1) is 5.92 Å². The van der Waals surface area contributed by atoms with Crippen molar-refractivity contribution in [2.45, 2.75) is 51.6 Å². The largest absolute Gasteiger partial charge is 0.342 e. The van der Waals surface area contributed by atoms with Gasteiger partial charge in [0.25, 0.3) is 0 Å². The Morgan fingerprint density at radius 1 is 1.26 bits per heavy atom. The number of amides is 1. The topological polar surface area (TPSA) is 35.6 Å². The standard InChI is InChI=1S/C15H29N3O/c1-12(2)18-9-6-14(7-10-18)17(3)15(19)13-5-4-8-16-11-13/h12-14,16H,4-11H2,1-3H3. The summed E-state index contributed by atoms with van der Waals surface area (Å²) < 4.78 is 0. The van der Waals surface area contributed by atoms with Gasteiger partial charge in [0, 0.05) is 38.8 Å². The third-order valence-corrected chi connectivity index (χ3v) is 4.77. The van der Waals surface area contributed by atoms with Crippen LogP contribution in [0.25, 0.3) is 0 Å². The first-order valence-electron chi connectivity index (χ1n) is 7.81. The van der Waals surface area contributed by atoms with E-state index in [4.69, 9.17) is 0 Å². The van der Waals surface area contributed by atoms with Gasteiger partial charge in [-0.1, -0.05) is 0 Å². The smallest absolute Gasteiger partial charge is 0.226 e. The lowest BCUT2D eigenvalue weighted by atomic mass is 9.95. The number of hydrogen-bond acceptors (Lipinski definition) is 3. The van der Waals surface area contributed by atoms with Gasteiger partial charge in [-0.25, -0.2) is 0 Å². The van der Waals surface area contributed by atoms with Crippen LogP contribution in [-0.2, 0) is 4.79 Å². The summed E-state index contributed by atoms with van der Waals surface area (Å²) in [6.07, 6.45) is 4.44. The molecule has 0 aliphatic carbocycles. The van der Waals surface area contributed by atoms with Gasteiger partial charge in [0.1, 0.15) is 0 Å². The molecule has 2 aliphatic rings. The zero-order valence-electron chi connectivity index (χ0n) is 12.7. The summed E-state index contributed by atoms with van der Waals surface area (Å²) in [6.45, 7) is 8.70. The molecule has 0 saturated carbocycles. The number of hydrogen-bond donors (Lipinski definition) is 1. The molecule has 1 atom stereocenters. The first-order valence-corrected chi connectivity index (χ1v) is 7.81. The van der Waals surface area contributed by atoms with E-state index < -0.39 is 0 Å². The van der Waals surface area contributed by atoms with Crippen molar-refractivity contribution in [2.75, 3.05) is 33.2 Å². The number of rotatable bonds is 3. The van der Waals surface area contributed by atoms with Crippen LogP contribution in [-0.4, -0.2) is 61.0 Å². The molecule has 2 saturated heterocycles. The Balaban J connectivity index is 1.83. The van der Waals surface area contributed by atoms with E-state index in [2.05, 4.69) is 24.1 Å². The van der Waals surface area contributed by atoms with E-state index in [0.29, 0.717) is 18.0 Å². The van der Waals surface area contributed by atoms with Crippen LogP contribution in [0.2, 0.25) is 0 Å². The Morgan fingerprint density at radius 2 is 1.95 bits per heavy atom. The molecule has 2 rings (SSSR count). The third-order valence-electron chi connectivity index (χ3n) is 4.77. The number of nitrogens with zero attached hydrogens (tertiary/aromatic N) is 2. The maximum atomic E-state index is 12.5. The highest BCUT2D eigenvalue weighted by atomic mass is 16.2. The van der Waals surface area contributed by atoms with Crippen LogP contribution in [0.1, 0.15) is 39.5 Å². The highest BCUT2D eigenvalue weighted by Gasteiger charge is 2.30. The Kier molecular flexibility index (Phi) is 5.22. The minimum absolute atomic E-state index is 0.210. The van der Waals surface area contributed by atoms with Crippen molar-refractivity contribution in [3.8, 4) is 0 Å². The number of piperidine rings is 2. The first-order chi connectivity index (χ1) is 9.09. The van der Waals surface area contributed by atoms with Crippen molar-refractivity contribution in [2.24, 2.45) is 5.92 Å². The lowest BCUT2D eigenvalue weighted by molar-refractivity contribution is -0.137. The van der Waals surface area contributed by atoms with Gasteiger partial charge in [-0.2, -0.15) is 0 Å². The molecule has 0 aromatic heterocycles. The monoisotopic (exact) mass is 267 g/mol. The van der Waals surface area contributed by atoms with Crippen molar-refractivity contribution < 1.29 is 4.79 Å². The molecule has 1 amide bonds. The van der Waals surface area contributed by atoms with Crippen LogP contribution >= 0.6 is 0 Å². The summed E-state index contributed by atoms with van der Waals surface area (Å²) >= 11 is 0. The second kappa shape index (κ2) is 6.71. The summed E-state index contributed by atoms with van der Waals surface area (Å²) in [6, 6.07) is 1.08. The quantitative estimate of drug-likeness (QED) is 0.837. The molecule has 110 valence electrons. The lowest BCUT2D eigenvalue weighted by Gasteiger charge is -2.40. The molecule has 0 radical (unpaired) electrons. The Labute approximate surface area is 117 Å². The van der Waals surface area contributed by atoms with Crippen LogP contribution in [0.3, 0.4) is 0 Å². The Morgan fingerprint density at radius 3 is 2.47 bits per heavy atom. The summed E-state index contributed by atoms with van der Waals surface area (Å²) in [7, 11) is 2.01. The average molecular weight is 267 g/mol. The number of carbonyl (C=O) groups excluding carboxylic acids is 1. The molecular formula is C15H29N3O. The molecule has 19 heavy (non-hydrogen) atoms. The zero-order chi connectivity index (χ0) is 13.8. The van der Waals surface area contributed by atoms with Gasteiger partial charge in [0.05, 0.1) is 5.92 Å². The van der Waals surface area contributed by atoms with E-state index in [9.17, 15) is 4.79 Å². The lowest BCUT2D eigenvalue weighted by Crippen LogP contribution is -2.50. The molecule has 0 aromatic carbocycles.